The van der Waals surface area contributed by atoms with Gasteiger partial charge in [0.25, 0.3) is 0 Å². The maximum absolute atomic E-state index is 8.63. The number of nitrogens with zero attached hydrogens (tertiary/aromatic N) is 1. The zero-order chi connectivity index (χ0) is 12.3. The summed E-state index contributed by atoms with van der Waals surface area (Å²) in [6, 6.07) is 5.71. The van der Waals surface area contributed by atoms with Crippen LogP contribution in [0.4, 0.5) is 5.82 Å². The molecular weight excluding hydrogens is 236 g/mol. The summed E-state index contributed by atoms with van der Waals surface area (Å²) in [4.78, 5) is 4.31. The van der Waals surface area contributed by atoms with E-state index in [4.69, 9.17) is 9.84 Å². The molecule has 0 aliphatic heterocycles. The molecule has 0 aliphatic carbocycles. The molecule has 0 aromatic carbocycles. The summed E-state index contributed by atoms with van der Waals surface area (Å²) in [5.74, 6) is 3.52. The van der Waals surface area contributed by atoms with Crippen molar-refractivity contribution < 1.29 is 9.84 Å². The smallest absolute Gasteiger partial charge is 0.215 e. The number of rotatable bonds is 9. The van der Waals surface area contributed by atoms with Crippen molar-refractivity contribution >= 4 is 17.6 Å². The Morgan fingerprint density at radius 3 is 3.06 bits per heavy atom. The Balaban J connectivity index is 2.19. The lowest BCUT2D eigenvalue weighted by Gasteiger charge is -2.07. The number of aliphatic hydroxyl groups is 1. The van der Waals surface area contributed by atoms with Gasteiger partial charge < -0.3 is 15.2 Å². The fourth-order valence-electron chi connectivity index (χ4n) is 1.26. The van der Waals surface area contributed by atoms with Crippen molar-refractivity contribution in [2.24, 2.45) is 0 Å². The Kier molecular flexibility index (Phi) is 7.58. The maximum atomic E-state index is 8.63. The fourth-order valence-corrected chi connectivity index (χ4v) is 2.05. The van der Waals surface area contributed by atoms with E-state index in [0.29, 0.717) is 12.5 Å². The van der Waals surface area contributed by atoms with E-state index in [-0.39, 0.29) is 6.61 Å². The van der Waals surface area contributed by atoms with Crippen molar-refractivity contribution in [3.05, 3.63) is 18.2 Å². The number of pyridine rings is 1. The number of anilines is 1. The van der Waals surface area contributed by atoms with E-state index in [9.17, 15) is 0 Å². The monoisotopic (exact) mass is 256 g/mol. The van der Waals surface area contributed by atoms with Crippen molar-refractivity contribution in [3.63, 3.8) is 0 Å². The third-order valence-corrected chi connectivity index (χ3v) is 3.09. The van der Waals surface area contributed by atoms with Crippen molar-refractivity contribution in [3.8, 4) is 5.88 Å². The highest BCUT2D eigenvalue weighted by atomic mass is 32.2. The molecule has 0 bridgehead atoms. The summed E-state index contributed by atoms with van der Waals surface area (Å²) in [5.41, 5.74) is 0. The third kappa shape index (κ3) is 6.38. The predicted octanol–water partition coefficient (Wildman–Crippen LogP) is 2.01. The Morgan fingerprint density at radius 2 is 2.29 bits per heavy atom. The normalized spacial score (nSPS) is 10.2. The van der Waals surface area contributed by atoms with Gasteiger partial charge >= 0.3 is 0 Å². The number of hydrogen-bond donors (Lipinski definition) is 2. The van der Waals surface area contributed by atoms with Crippen LogP contribution in [0, 0.1) is 0 Å². The number of aliphatic hydroxyl groups excluding tert-OH is 1. The van der Waals surface area contributed by atoms with E-state index in [2.05, 4.69) is 10.3 Å². The molecule has 1 rings (SSSR count). The quantitative estimate of drug-likeness (QED) is 0.662. The van der Waals surface area contributed by atoms with Gasteiger partial charge in [-0.2, -0.15) is 16.7 Å². The first kappa shape index (κ1) is 14.1. The van der Waals surface area contributed by atoms with Crippen LogP contribution in [0.15, 0.2) is 18.2 Å². The molecule has 0 aliphatic rings. The zero-order valence-electron chi connectivity index (χ0n) is 10.2. The Hall–Kier alpha value is -0.940. The van der Waals surface area contributed by atoms with E-state index < -0.39 is 0 Å². The van der Waals surface area contributed by atoms with Crippen LogP contribution in [0.25, 0.3) is 0 Å². The second-order valence-electron chi connectivity index (χ2n) is 3.41. The summed E-state index contributed by atoms with van der Waals surface area (Å²) in [6.45, 7) is 3.73. The lowest BCUT2D eigenvalue weighted by Crippen LogP contribution is -2.06. The molecule has 0 saturated heterocycles. The molecule has 2 N–H and O–H groups in total. The summed E-state index contributed by atoms with van der Waals surface area (Å²) >= 11 is 1.83. The molecule has 5 heteroatoms. The SMILES string of the molecule is CCOc1cccc(NCCSCCCO)n1. The minimum atomic E-state index is 0.276. The van der Waals surface area contributed by atoms with Crippen LogP contribution in [-0.4, -0.2) is 41.4 Å². The van der Waals surface area contributed by atoms with Crippen LogP contribution in [-0.2, 0) is 0 Å². The zero-order valence-corrected chi connectivity index (χ0v) is 11.0. The van der Waals surface area contributed by atoms with E-state index >= 15 is 0 Å². The molecule has 0 fully saturated rings. The Morgan fingerprint density at radius 1 is 1.41 bits per heavy atom. The highest BCUT2D eigenvalue weighted by Gasteiger charge is 1.97. The van der Waals surface area contributed by atoms with Crippen molar-refractivity contribution in [2.75, 3.05) is 36.6 Å². The number of nitrogens with one attached hydrogen (secondary N) is 1. The van der Waals surface area contributed by atoms with Gasteiger partial charge in [0.2, 0.25) is 5.88 Å². The standard InChI is InChI=1S/C12H20N2O2S/c1-2-16-12-6-3-5-11(14-12)13-7-10-17-9-4-8-15/h3,5-6,15H,2,4,7-10H2,1H3,(H,13,14). The second-order valence-corrected chi connectivity index (χ2v) is 4.64. The maximum Gasteiger partial charge on any atom is 0.215 e. The van der Waals surface area contributed by atoms with Crippen molar-refractivity contribution in [1.82, 2.24) is 4.98 Å². The molecule has 4 nitrogen and oxygen atoms in total. The van der Waals surface area contributed by atoms with Gasteiger partial charge in [0.05, 0.1) is 6.61 Å². The highest BCUT2D eigenvalue weighted by Crippen LogP contribution is 2.11. The van der Waals surface area contributed by atoms with Gasteiger partial charge in [0.15, 0.2) is 0 Å². The van der Waals surface area contributed by atoms with E-state index in [1.807, 2.05) is 36.9 Å². The van der Waals surface area contributed by atoms with Crippen molar-refractivity contribution in [2.45, 2.75) is 13.3 Å². The highest BCUT2D eigenvalue weighted by molar-refractivity contribution is 7.99. The molecule has 1 aromatic rings. The lowest BCUT2D eigenvalue weighted by molar-refractivity contribution is 0.296. The average Bonchev–Trinajstić information content (AvgIpc) is 2.35. The van der Waals surface area contributed by atoms with Crippen LogP contribution < -0.4 is 10.1 Å². The summed E-state index contributed by atoms with van der Waals surface area (Å²) in [6.07, 6.45) is 0.864. The van der Waals surface area contributed by atoms with Gasteiger partial charge in [0.1, 0.15) is 5.82 Å². The lowest BCUT2D eigenvalue weighted by atomic mass is 10.4. The molecule has 96 valence electrons. The minimum Gasteiger partial charge on any atom is -0.478 e. The first-order valence-corrected chi connectivity index (χ1v) is 7.04. The summed E-state index contributed by atoms with van der Waals surface area (Å²) in [5, 5.41) is 11.9. The summed E-state index contributed by atoms with van der Waals surface area (Å²) < 4.78 is 5.32. The molecule has 17 heavy (non-hydrogen) atoms. The number of thioether (sulfide) groups is 1. The molecule has 0 radical (unpaired) electrons. The van der Waals surface area contributed by atoms with E-state index in [1.54, 1.807) is 0 Å². The molecule has 0 atom stereocenters. The molecule has 0 amide bonds. The number of hydrogen-bond acceptors (Lipinski definition) is 5. The number of ether oxygens (including phenoxy) is 1. The molecule has 1 aromatic heterocycles. The molecule has 0 saturated carbocycles. The van der Waals surface area contributed by atoms with Gasteiger partial charge in [-0.15, -0.1) is 0 Å². The van der Waals surface area contributed by atoms with Crippen LogP contribution >= 0.6 is 11.8 Å². The Bertz CT molecular complexity index is 310. The molecule has 0 unspecified atom stereocenters. The van der Waals surface area contributed by atoms with Crippen LogP contribution in [0.2, 0.25) is 0 Å². The topological polar surface area (TPSA) is 54.4 Å². The van der Waals surface area contributed by atoms with Gasteiger partial charge in [-0.1, -0.05) is 6.07 Å². The largest absolute Gasteiger partial charge is 0.478 e. The second kappa shape index (κ2) is 9.13. The van der Waals surface area contributed by atoms with Crippen LogP contribution in [0.5, 0.6) is 5.88 Å². The third-order valence-electron chi connectivity index (χ3n) is 2.02. The molecular formula is C12H20N2O2S. The van der Waals surface area contributed by atoms with Gasteiger partial charge in [-0.3, -0.25) is 0 Å². The van der Waals surface area contributed by atoms with Crippen LogP contribution in [0.1, 0.15) is 13.3 Å². The Labute approximate surface area is 107 Å². The minimum absolute atomic E-state index is 0.276. The molecule has 0 spiro atoms. The van der Waals surface area contributed by atoms with E-state index in [0.717, 1.165) is 30.3 Å². The first-order chi connectivity index (χ1) is 8.36. The molecule has 1 heterocycles. The van der Waals surface area contributed by atoms with Gasteiger partial charge in [-0.25, -0.2) is 0 Å². The van der Waals surface area contributed by atoms with Crippen molar-refractivity contribution in [1.29, 1.82) is 0 Å². The van der Waals surface area contributed by atoms with Gasteiger partial charge in [-0.05, 0) is 25.2 Å². The number of aromatic nitrogens is 1. The fraction of sp³-hybridized carbons (Fsp3) is 0.583. The summed E-state index contributed by atoms with van der Waals surface area (Å²) in [7, 11) is 0. The first-order valence-electron chi connectivity index (χ1n) is 5.89. The van der Waals surface area contributed by atoms with Crippen LogP contribution in [0.3, 0.4) is 0 Å². The predicted molar refractivity (Wildman–Crippen MR) is 72.9 cm³/mol. The average molecular weight is 256 g/mol. The van der Waals surface area contributed by atoms with Gasteiger partial charge in [0, 0.05) is 25.0 Å². The van der Waals surface area contributed by atoms with E-state index in [1.165, 1.54) is 0 Å².